The van der Waals surface area contributed by atoms with Crippen LogP contribution in [0.15, 0.2) is 12.1 Å². The molecule has 0 heterocycles. The van der Waals surface area contributed by atoms with Crippen LogP contribution in [-0.2, 0) is 10.0 Å². The van der Waals surface area contributed by atoms with Gasteiger partial charge in [0.15, 0.2) is 0 Å². The third-order valence-electron chi connectivity index (χ3n) is 2.51. The maximum Gasteiger partial charge on any atom is 0.209 e. The lowest BCUT2D eigenvalue weighted by molar-refractivity contribution is 0.476. The molecule has 108 valence electrons. The van der Waals surface area contributed by atoms with Crippen molar-refractivity contribution >= 4 is 21.4 Å². The van der Waals surface area contributed by atoms with Gasteiger partial charge in [0.1, 0.15) is 5.82 Å². The highest BCUT2D eigenvalue weighted by molar-refractivity contribution is 7.88. The topological polar surface area (TPSA) is 84.2 Å². The normalized spacial score (nSPS) is 12.5. The van der Waals surface area contributed by atoms with E-state index < -0.39 is 15.6 Å². The molecule has 0 atom stereocenters. The summed E-state index contributed by atoms with van der Waals surface area (Å²) < 4.78 is 38.2. The molecule has 0 amide bonds. The molecule has 5 nitrogen and oxygen atoms in total. The summed E-state index contributed by atoms with van der Waals surface area (Å²) in [6, 6.07) is 2.84. The molecule has 0 aliphatic heterocycles. The van der Waals surface area contributed by atoms with Crippen LogP contribution in [-0.4, -0.2) is 26.8 Å². The zero-order valence-corrected chi connectivity index (χ0v) is 12.4. The number of nitrogens with two attached hydrogens (primary N) is 1. The maximum absolute atomic E-state index is 13.3. The van der Waals surface area contributed by atoms with E-state index in [1.807, 2.05) is 0 Å². The van der Waals surface area contributed by atoms with Crippen LogP contribution in [0.5, 0.6) is 0 Å². The van der Waals surface area contributed by atoms with Crippen molar-refractivity contribution in [2.45, 2.75) is 26.3 Å². The second-order valence-electron chi connectivity index (χ2n) is 5.30. The van der Waals surface area contributed by atoms with Crippen molar-refractivity contribution in [3.63, 3.8) is 0 Å². The maximum atomic E-state index is 13.3. The molecule has 1 rings (SSSR count). The third kappa shape index (κ3) is 5.04. The van der Waals surface area contributed by atoms with E-state index in [-0.39, 0.29) is 5.82 Å². The highest BCUT2D eigenvalue weighted by Gasteiger charge is 2.22. The smallest absolute Gasteiger partial charge is 0.209 e. The average Bonchev–Trinajstić information content (AvgIpc) is 2.18. The Bertz CT molecular complexity index is 571. The first-order valence-corrected chi connectivity index (χ1v) is 7.68. The van der Waals surface area contributed by atoms with Gasteiger partial charge in [-0.3, -0.25) is 0 Å². The predicted octanol–water partition coefficient (Wildman–Crippen LogP) is 1.46. The summed E-state index contributed by atoms with van der Waals surface area (Å²) in [5.41, 5.74) is 6.38. The van der Waals surface area contributed by atoms with Crippen LogP contribution in [0.3, 0.4) is 0 Å². The number of anilines is 2. The molecule has 0 aromatic heterocycles. The van der Waals surface area contributed by atoms with Gasteiger partial charge in [-0.2, -0.15) is 0 Å². The Morgan fingerprint density at radius 1 is 1.37 bits per heavy atom. The van der Waals surface area contributed by atoms with E-state index in [4.69, 9.17) is 5.73 Å². The van der Waals surface area contributed by atoms with Crippen LogP contribution in [0.2, 0.25) is 0 Å². The molecule has 1 aromatic carbocycles. The van der Waals surface area contributed by atoms with Gasteiger partial charge in [-0.05, 0) is 38.5 Å². The summed E-state index contributed by atoms with van der Waals surface area (Å²) in [5.74, 6) is -0.364. The minimum atomic E-state index is -3.29. The number of benzene rings is 1. The van der Waals surface area contributed by atoms with Gasteiger partial charge in [0.05, 0.1) is 17.6 Å². The first-order valence-electron chi connectivity index (χ1n) is 5.79. The molecule has 4 N–H and O–H groups in total. The molecule has 0 radical (unpaired) electrons. The first-order chi connectivity index (χ1) is 8.50. The molecule has 7 heteroatoms. The van der Waals surface area contributed by atoms with Gasteiger partial charge in [-0.15, -0.1) is 0 Å². The van der Waals surface area contributed by atoms with Crippen LogP contribution in [0, 0.1) is 12.7 Å². The quantitative estimate of drug-likeness (QED) is 0.716. The Hall–Kier alpha value is -1.34. The summed E-state index contributed by atoms with van der Waals surface area (Å²) in [7, 11) is -3.29. The van der Waals surface area contributed by atoms with Crippen molar-refractivity contribution in [3.05, 3.63) is 23.5 Å². The Balaban J connectivity index is 2.79. The summed E-state index contributed by atoms with van der Waals surface area (Å²) in [4.78, 5) is 0. The highest BCUT2D eigenvalue weighted by atomic mass is 32.2. The second kappa shape index (κ2) is 5.34. The lowest BCUT2D eigenvalue weighted by atomic mass is 10.1. The minimum absolute atomic E-state index is 0.290. The van der Waals surface area contributed by atoms with Crippen molar-refractivity contribution < 1.29 is 12.8 Å². The van der Waals surface area contributed by atoms with E-state index in [1.54, 1.807) is 26.8 Å². The van der Waals surface area contributed by atoms with Gasteiger partial charge in [0, 0.05) is 12.1 Å². The monoisotopic (exact) mass is 289 g/mol. The standard InChI is InChI=1S/C12H20FN3O2S/c1-8-5-11(10(14)6-9(8)13)15-7-12(2,3)16-19(4,17)18/h5-6,15-16H,7,14H2,1-4H3. The largest absolute Gasteiger partial charge is 0.397 e. The molecule has 1 aromatic rings. The Labute approximate surface area is 113 Å². The van der Waals surface area contributed by atoms with E-state index >= 15 is 0 Å². The number of nitrogen functional groups attached to an aromatic ring is 1. The van der Waals surface area contributed by atoms with Crippen molar-refractivity contribution in [1.29, 1.82) is 0 Å². The molecule has 0 aliphatic carbocycles. The fourth-order valence-corrected chi connectivity index (χ4v) is 2.78. The molecular formula is C12H20FN3O2S. The number of hydrogen-bond donors (Lipinski definition) is 3. The van der Waals surface area contributed by atoms with Gasteiger partial charge >= 0.3 is 0 Å². The number of rotatable bonds is 5. The molecule has 0 bridgehead atoms. The molecule has 19 heavy (non-hydrogen) atoms. The summed E-state index contributed by atoms with van der Waals surface area (Å²) in [5, 5.41) is 3.03. The van der Waals surface area contributed by atoms with Crippen LogP contribution >= 0.6 is 0 Å². The van der Waals surface area contributed by atoms with E-state index in [2.05, 4.69) is 10.0 Å². The van der Waals surface area contributed by atoms with Gasteiger partial charge in [0.25, 0.3) is 0 Å². The highest BCUT2D eigenvalue weighted by Crippen LogP contribution is 2.23. The number of nitrogens with one attached hydrogen (secondary N) is 2. The molecule has 0 saturated heterocycles. The molecule has 0 saturated carbocycles. The number of sulfonamides is 1. The summed E-state index contributed by atoms with van der Waals surface area (Å²) >= 11 is 0. The molecule has 0 fully saturated rings. The predicted molar refractivity (Wildman–Crippen MR) is 76.1 cm³/mol. The molecule has 0 spiro atoms. The average molecular weight is 289 g/mol. The minimum Gasteiger partial charge on any atom is -0.397 e. The van der Waals surface area contributed by atoms with Crippen molar-refractivity contribution in [1.82, 2.24) is 4.72 Å². The fourth-order valence-electron chi connectivity index (χ4n) is 1.70. The SMILES string of the molecule is Cc1cc(NCC(C)(C)NS(C)(=O)=O)c(N)cc1F. The van der Waals surface area contributed by atoms with Crippen LogP contribution in [0.1, 0.15) is 19.4 Å². The Morgan fingerprint density at radius 2 is 1.95 bits per heavy atom. The summed E-state index contributed by atoms with van der Waals surface area (Å²) in [6.07, 6.45) is 1.10. The third-order valence-corrected chi connectivity index (χ3v) is 3.44. The number of halogens is 1. The van der Waals surface area contributed by atoms with E-state index in [1.165, 1.54) is 6.07 Å². The second-order valence-corrected chi connectivity index (χ2v) is 7.05. The summed E-state index contributed by atoms with van der Waals surface area (Å²) in [6.45, 7) is 5.45. The van der Waals surface area contributed by atoms with Crippen molar-refractivity contribution in [2.24, 2.45) is 0 Å². The van der Waals surface area contributed by atoms with Crippen LogP contribution in [0.4, 0.5) is 15.8 Å². The van der Waals surface area contributed by atoms with E-state index in [9.17, 15) is 12.8 Å². The molecule has 0 unspecified atom stereocenters. The zero-order chi connectivity index (χ0) is 14.8. The number of aryl methyl sites for hydroxylation is 1. The Morgan fingerprint density at radius 3 is 2.47 bits per heavy atom. The van der Waals surface area contributed by atoms with E-state index in [0.29, 0.717) is 23.5 Å². The van der Waals surface area contributed by atoms with Crippen molar-refractivity contribution in [3.8, 4) is 0 Å². The lowest BCUT2D eigenvalue weighted by Gasteiger charge is -2.26. The van der Waals surface area contributed by atoms with Gasteiger partial charge < -0.3 is 11.1 Å². The molecule has 0 aliphatic rings. The number of hydrogen-bond acceptors (Lipinski definition) is 4. The molecular weight excluding hydrogens is 269 g/mol. The zero-order valence-electron chi connectivity index (χ0n) is 11.5. The fraction of sp³-hybridized carbons (Fsp3) is 0.500. The van der Waals surface area contributed by atoms with Crippen LogP contribution < -0.4 is 15.8 Å². The lowest BCUT2D eigenvalue weighted by Crippen LogP contribution is -2.47. The van der Waals surface area contributed by atoms with E-state index in [0.717, 1.165) is 6.26 Å². The van der Waals surface area contributed by atoms with Gasteiger partial charge in [-0.1, -0.05) is 0 Å². The van der Waals surface area contributed by atoms with Crippen LogP contribution in [0.25, 0.3) is 0 Å². The Kier molecular flexibility index (Phi) is 4.42. The first kappa shape index (κ1) is 15.7. The van der Waals surface area contributed by atoms with Crippen molar-refractivity contribution in [2.75, 3.05) is 23.9 Å². The van der Waals surface area contributed by atoms with Gasteiger partial charge in [-0.25, -0.2) is 17.5 Å². The van der Waals surface area contributed by atoms with Gasteiger partial charge in [0.2, 0.25) is 10.0 Å².